The van der Waals surface area contributed by atoms with E-state index in [9.17, 15) is 27.2 Å². The molecule has 0 amide bonds. The van der Waals surface area contributed by atoms with Crippen LogP contribution in [0.4, 0.5) is 4.39 Å². The van der Waals surface area contributed by atoms with E-state index in [0.29, 0.717) is 11.3 Å². The van der Waals surface area contributed by atoms with E-state index in [1.807, 2.05) is 0 Å². The fourth-order valence-electron chi connectivity index (χ4n) is 3.39. The first-order valence-electron chi connectivity index (χ1n) is 10.4. The van der Waals surface area contributed by atoms with Gasteiger partial charge in [-0.1, -0.05) is 13.8 Å². The lowest BCUT2D eigenvalue weighted by Gasteiger charge is -2.18. The van der Waals surface area contributed by atoms with E-state index in [0.717, 1.165) is 22.5 Å². The van der Waals surface area contributed by atoms with Gasteiger partial charge in [0.25, 0.3) is 0 Å². The summed E-state index contributed by atoms with van der Waals surface area (Å²) < 4.78 is 50.7. The topological polar surface area (TPSA) is 123 Å². The van der Waals surface area contributed by atoms with Crippen molar-refractivity contribution in [1.29, 1.82) is 0 Å². The number of ether oxygens (including phenoxy) is 2. The van der Waals surface area contributed by atoms with E-state index in [1.54, 1.807) is 34.6 Å². The van der Waals surface area contributed by atoms with E-state index < -0.39 is 45.7 Å². The van der Waals surface area contributed by atoms with Gasteiger partial charge in [0.1, 0.15) is 11.5 Å². The molecule has 0 aliphatic heterocycles. The molecule has 11 heteroatoms. The number of halogens is 1. The number of Topliss-reactive ketones (excluding diaryl/α,β-unsaturated/α-hetero) is 1. The molecule has 0 saturated heterocycles. The van der Waals surface area contributed by atoms with Crippen molar-refractivity contribution >= 4 is 27.7 Å². The van der Waals surface area contributed by atoms with Gasteiger partial charge in [-0.2, -0.15) is 4.31 Å². The summed E-state index contributed by atoms with van der Waals surface area (Å²) >= 11 is 0. The molecular weight excluding hydrogens is 455 g/mol. The van der Waals surface area contributed by atoms with Gasteiger partial charge in [-0.05, 0) is 44.5 Å². The van der Waals surface area contributed by atoms with Crippen molar-refractivity contribution in [2.24, 2.45) is 0 Å². The van der Waals surface area contributed by atoms with E-state index in [1.165, 1.54) is 0 Å². The van der Waals surface area contributed by atoms with Crippen LogP contribution in [0.1, 0.15) is 63.2 Å². The van der Waals surface area contributed by atoms with Crippen LogP contribution in [0.25, 0.3) is 0 Å². The van der Waals surface area contributed by atoms with Crippen LogP contribution in [0.3, 0.4) is 0 Å². The Labute approximate surface area is 191 Å². The molecule has 0 atom stereocenters. The highest BCUT2D eigenvalue weighted by Gasteiger charge is 2.26. The van der Waals surface area contributed by atoms with Gasteiger partial charge in [-0.3, -0.25) is 4.79 Å². The molecule has 0 fully saturated rings. The van der Waals surface area contributed by atoms with Crippen molar-refractivity contribution in [3.8, 4) is 0 Å². The monoisotopic (exact) mass is 482 g/mol. The van der Waals surface area contributed by atoms with Crippen molar-refractivity contribution in [1.82, 2.24) is 9.29 Å². The largest absolute Gasteiger partial charge is 0.461 e. The van der Waals surface area contributed by atoms with Crippen LogP contribution in [0.2, 0.25) is 0 Å². The SMILES string of the molecule is CCOC(=O)c1[nH]c(C)c(C(=O)COC(=O)c2cc(S(=O)(=O)N(CC)CC)ccc2F)c1C. The van der Waals surface area contributed by atoms with E-state index in [-0.39, 0.29) is 35.8 Å². The zero-order chi connectivity index (χ0) is 24.9. The first kappa shape index (κ1) is 26.2. The third-order valence-electron chi connectivity index (χ3n) is 5.03. The lowest BCUT2D eigenvalue weighted by atomic mass is 10.1. The maximum absolute atomic E-state index is 14.3. The maximum Gasteiger partial charge on any atom is 0.355 e. The van der Waals surface area contributed by atoms with Crippen LogP contribution in [0.5, 0.6) is 0 Å². The summed E-state index contributed by atoms with van der Waals surface area (Å²) in [6, 6.07) is 2.82. The van der Waals surface area contributed by atoms with E-state index in [4.69, 9.17) is 9.47 Å². The minimum absolute atomic E-state index is 0.115. The average molecular weight is 483 g/mol. The first-order valence-corrected chi connectivity index (χ1v) is 11.8. The summed E-state index contributed by atoms with van der Waals surface area (Å²) in [4.78, 5) is 39.6. The van der Waals surface area contributed by atoms with Gasteiger partial charge in [0, 0.05) is 24.3 Å². The smallest absolute Gasteiger partial charge is 0.355 e. The van der Waals surface area contributed by atoms with Crippen LogP contribution in [-0.4, -0.2) is 61.7 Å². The number of carbonyl (C=O) groups is 3. The Morgan fingerprint density at radius 1 is 1.03 bits per heavy atom. The number of nitrogens with one attached hydrogen (secondary N) is 1. The molecule has 1 N–H and O–H groups in total. The second kappa shape index (κ2) is 10.7. The van der Waals surface area contributed by atoms with Crippen molar-refractivity contribution in [3.63, 3.8) is 0 Å². The Morgan fingerprint density at radius 2 is 1.67 bits per heavy atom. The Bertz CT molecular complexity index is 1170. The van der Waals surface area contributed by atoms with Crippen molar-refractivity contribution in [2.45, 2.75) is 39.5 Å². The molecule has 0 spiro atoms. The molecule has 0 radical (unpaired) electrons. The van der Waals surface area contributed by atoms with Gasteiger partial charge in [-0.25, -0.2) is 22.4 Å². The van der Waals surface area contributed by atoms with Crippen LogP contribution >= 0.6 is 0 Å². The van der Waals surface area contributed by atoms with Crippen LogP contribution in [0, 0.1) is 19.7 Å². The molecule has 0 saturated carbocycles. The number of aromatic nitrogens is 1. The Balaban J connectivity index is 2.24. The minimum Gasteiger partial charge on any atom is -0.461 e. The lowest BCUT2D eigenvalue weighted by molar-refractivity contribution is 0.0468. The number of carbonyl (C=O) groups excluding carboxylic acids is 3. The number of nitrogens with zero attached hydrogens (tertiary/aromatic N) is 1. The number of esters is 2. The molecule has 180 valence electrons. The number of sulfonamides is 1. The van der Waals surface area contributed by atoms with Crippen LogP contribution < -0.4 is 0 Å². The number of ketones is 1. The summed E-state index contributed by atoms with van der Waals surface area (Å²) in [5, 5.41) is 0. The standard InChI is InChI=1S/C22H27FN2O7S/c1-6-25(7-2)33(29,30)15-9-10-17(23)16(11-15)21(27)32-12-18(26)19-13(4)20(24-14(19)5)22(28)31-8-3/h9-11,24H,6-8,12H2,1-5H3. The molecule has 33 heavy (non-hydrogen) atoms. The highest BCUT2D eigenvalue weighted by molar-refractivity contribution is 7.89. The van der Waals surface area contributed by atoms with Crippen molar-refractivity contribution in [2.75, 3.05) is 26.3 Å². The molecular formula is C22H27FN2O7S. The highest BCUT2D eigenvalue weighted by Crippen LogP contribution is 2.22. The molecule has 1 heterocycles. The van der Waals surface area contributed by atoms with Gasteiger partial charge in [0.2, 0.25) is 15.8 Å². The molecule has 0 aliphatic carbocycles. The van der Waals surface area contributed by atoms with E-state index >= 15 is 0 Å². The molecule has 0 aliphatic rings. The lowest BCUT2D eigenvalue weighted by Crippen LogP contribution is -2.30. The third kappa shape index (κ3) is 5.48. The molecule has 0 unspecified atom stereocenters. The Hall–Kier alpha value is -3.05. The second-order valence-electron chi connectivity index (χ2n) is 7.08. The fraction of sp³-hybridized carbons (Fsp3) is 0.409. The summed E-state index contributed by atoms with van der Waals surface area (Å²) in [5.74, 6) is -3.40. The number of rotatable bonds is 10. The number of aromatic amines is 1. The summed E-state index contributed by atoms with van der Waals surface area (Å²) in [6.07, 6.45) is 0. The minimum atomic E-state index is -3.93. The molecule has 9 nitrogen and oxygen atoms in total. The second-order valence-corrected chi connectivity index (χ2v) is 9.01. The predicted octanol–water partition coefficient (Wildman–Crippen LogP) is 3.02. The third-order valence-corrected chi connectivity index (χ3v) is 7.08. The zero-order valence-corrected chi connectivity index (χ0v) is 20.0. The van der Waals surface area contributed by atoms with Gasteiger partial charge < -0.3 is 14.5 Å². The number of hydrogen-bond donors (Lipinski definition) is 1. The molecule has 1 aromatic heterocycles. The number of benzene rings is 1. The van der Waals surface area contributed by atoms with Gasteiger partial charge in [0.15, 0.2) is 6.61 Å². The Kier molecular flexibility index (Phi) is 8.51. The van der Waals surface area contributed by atoms with Crippen molar-refractivity contribution in [3.05, 3.63) is 52.1 Å². The summed E-state index contributed by atoms with van der Waals surface area (Å²) in [5.41, 5.74) is 0.389. The fourth-order valence-corrected chi connectivity index (χ4v) is 4.88. The van der Waals surface area contributed by atoms with Gasteiger partial charge >= 0.3 is 11.9 Å². The maximum atomic E-state index is 14.3. The first-order chi connectivity index (χ1) is 15.5. The molecule has 2 aromatic rings. The van der Waals surface area contributed by atoms with Crippen molar-refractivity contribution < 1.29 is 36.7 Å². The zero-order valence-electron chi connectivity index (χ0n) is 19.2. The predicted molar refractivity (Wildman–Crippen MR) is 117 cm³/mol. The number of hydrogen-bond acceptors (Lipinski definition) is 7. The van der Waals surface area contributed by atoms with Gasteiger partial charge in [0.05, 0.1) is 17.1 Å². The summed E-state index contributed by atoms with van der Waals surface area (Å²) in [7, 11) is -3.93. The molecule has 0 bridgehead atoms. The Morgan fingerprint density at radius 3 is 2.24 bits per heavy atom. The quantitative estimate of drug-likeness (QED) is 0.408. The average Bonchev–Trinajstić information content (AvgIpc) is 3.06. The van der Waals surface area contributed by atoms with Crippen LogP contribution in [-0.2, 0) is 19.5 Å². The van der Waals surface area contributed by atoms with Gasteiger partial charge in [-0.15, -0.1) is 0 Å². The highest BCUT2D eigenvalue weighted by atomic mass is 32.2. The normalized spacial score (nSPS) is 11.5. The van der Waals surface area contributed by atoms with E-state index in [2.05, 4.69) is 4.98 Å². The van der Waals surface area contributed by atoms with Crippen LogP contribution in [0.15, 0.2) is 23.1 Å². The number of H-pyrrole nitrogens is 1. The molecule has 2 rings (SSSR count). The molecule has 1 aromatic carbocycles. The number of aryl methyl sites for hydroxylation is 1. The summed E-state index contributed by atoms with van der Waals surface area (Å²) in [6.45, 7) is 7.92.